The third-order valence-corrected chi connectivity index (χ3v) is 7.80. The van der Waals surface area contributed by atoms with E-state index in [1.807, 2.05) is 41.2 Å². The van der Waals surface area contributed by atoms with E-state index in [9.17, 15) is 14.0 Å². The number of likely N-dealkylation sites (tertiary alicyclic amines) is 1. The van der Waals surface area contributed by atoms with Crippen LogP contribution in [0.4, 0.5) is 4.39 Å². The van der Waals surface area contributed by atoms with Gasteiger partial charge in [0.05, 0.1) is 24.0 Å². The second-order valence-electron chi connectivity index (χ2n) is 9.44. The number of nitrogens with zero attached hydrogens (tertiary/aromatic N) is 4. The molecule has 6 nitrogen and oxygen atoms in total. The maximum absolute atomic E-state index is 14.9. The number of carbonyl (C=O) groups excluding carboxylic acids is 2. The Labute approximate surface area is 214 Å². The van der Waals surface area contributed by atoms with E-state index in [-0.39, 0.29) is 27.9 Å². The second kappa shape index (κ2) is 10.9. The molecular formula is C28H29FN4O2S. The van der Waals surface area contributed by atoms with E-state index < -0.39 is 6.04 Å². The molecule has 0 N–H and O–H groups in total. The molecular weight excluding hydrogens is 475 g/mol. The van der Waals surface area contributed by atoms with Gasteiger partial charge in [0.25, 0.3) is 0 Å². The number of hydrogen-bond acceptors (Lipinski definition) is 6. The highest BCUT2D eigenvalue weighted by atomic mass is 32.2. The van der Waals surface area contributed by atoms with Gasteiger partial charge in [-0.25, -0.2) is 4.39 Å². The van der Waals surface area contributed by atoms with E-state index in [1.165, 1.54) is 17.8 Å². The molecule has 0 radical (unpaired) electrons. The summed E-state index contributed by atoms with van der Waals surface area (Å²) in [6, 6.07) is 13.7. The van der Waals surface area contributed by atoms with Crippen molar-refractivity contribution in [3.8, 4) is 0 Å². The summed E-state index contributed by atoms with van der Waals surface area (Å²) < 4.78 is 16.7. The maximum Gasteiger partial charge on any atom is 0.186 e. The number of carbonyl (C=O) groups is 2. The van der Waals surface area contributed by atoms with Crippen molar-refractivity contribution in [1.82, 2.24) is 19.7 Å². The molecule has 1 aliphatic heterocycles. The Kier molecular flexibility index (Phi) is 7.43. The molecule has 3 heterocycles. The molecule has 5 rings (SSSR count). The predicted molar refractivity (Wildman–Crippen MR) is 139 cm³/mol. The molecule has 0 spiro atoms. The van der Waals surface area contributed by atoms with Gasteiger partial charge < -0.3 is 0 Å². The Hall–Kier alpha value is -3.10. The van der Waals surface area contributed by atoms with Gasteiger partial charge in [0, 0.05) is 49.1 Å². The molecule has 8 heteroatoms. The van der Waals surface area contributed by atoms with Crippen molar-refractivity contribution in [3.05, 3.63) is 89.3 Å². The third-order valence-electron chi connectivity index (χ3n) is 6.64. The van der Waals surface area contributed by atoms with Crippen molar-refractivity contribution in [1.29, 1.82) is 0 Å². The summed E-state index contributed by atoms with van der Waals surface area (Å²) in [6.07, 6.45) is 8.13. The minimum Gasteiger partial charge on any atom is -0.297 e. The number of thioether (sulfide) groups is 1. The number of halogens is 1. The van der Waals surface area contributed by atoms with Crippen molar-refractivity contribution in [2.75, 3.05) is 13.1 Å². The van der Waals surface area contributed by atoms with Gasteiger partial charge in [-0.2, -0.15) is 5.10 Å². The van der Waals surface area contributed by atoms with Gasteiger partial charge in [0.2, 0.25) is 0 Å². The van der Waals surface area contributed by atoms with E-state index in [2.05, 4.69) is 15.0 Å². The summed E-state index contributed by atoms with van der Waals surface area (Å²) in [6.45, 7) is 3.24. The molecule has 3 aromatic rings. The van der Waals surface area contributed by atoms with Crippen LogP contribution in [0.5, 0.6) is 0 Å². The van der Waals surface area contributed by atoms with Crippen LogP contribution in [0.1, 0.15) is 49.2 Å². The lowest BCUT2D eigenvalue weighted by molar-refractivity contribution is -0.126. The minimum atomic E-state index is -0.618. The van der Waals surface area contributed by atoms with Crippen LogP contribution in [0.25, 0.3) is 6.08 Å². The number of aromatic nitrogens is 3. The fourth-order valence-corrected chi connectivity index (χ4v) is 5.70. The molecule has 1 aliphatic carbocycles. The normalized spacial score (nSPS) is 20.4. The lowest BCUT2D eigenvalue weighted by Crippen LogP contribution is -2.43. The topological polar surface area (TPSA) is 68.1 Å². The number of hydrogen-bond donors (Lipinski definition) is 0. The molecule has 2 fully saturated rings. The molecule has 2 atom stereocenters. The van der Waals surface area contributed by atoms with Gasteiger partial charge >= 0.3 is 0 Å². The van der Waals surface area contributed by atoms with Gasteiger partial charge in [-0.1, -0.05) is 36.0 Å². The number of piperidine rings is 1. The predicted octanol–water partition coefficient (Wildman–Crippen LogP) is 4.92. The first kappa shape index (κ1) is 24.6. The lowest BCUT2D eigenvalue weighted by Gasteiger charge is -2.38. The van der Waals surface area contributed by atoms with E-state index >= 15 is 0 Å². The molecule has 1 saturated heterocycles. The van der Waals surface area contributed by atoms with E-state index in [0.29, 0.717) is 31.6 Å². The summed E-state index contributed by atoms with van der Waals surface area (Å²) in [5, 5.41) is 4.74. The van der Waals surface area contributed by atoms with Crippen LogP contribution in [0, 0.1) is 11.7 Å². The lowest BCUT2D eigenvalue weighted by atomic mass is 9.93. The maximum atomic E-state index is 14.9. The van der Waals surface area contributed by atoms with Crippen LogP contribution in [0.3, 0.4) is 0 Å². The smallest absolute Gasteiger partial charge is 0.186 e. The van der Waals surface area contributed by atoms with Crippen molar-refractivity contribution < 1.29 is 14.0 Å². The SMILES string of the molecule is CC(=O)SC1CCN(C(C(=O)C2CC2)c2ccccc2F)C/C1=C\c1ccn(Cc2ccccn2)n1. The average Bonchev–Trinajstić information content (AvgIpc) is 3.63. The summed E-state index contributed by atoms with van der Waals surface area (Å²) in [7, 11) is 0. The first-order chi connectivity index (χ1) is 17.5. The Morgan fingerprint density at radius 1 is 1.14 bits per heavy atom. The number of benzene rings is 1. The van der Waals surface area contributed by atoms with Crippen molar-refractivity contribution >= 4 is 28.7 Å². The Morgan fingerprint density at radius 2 is 1.94 bits per heavy atom. The van der Waals surface area contributed by atoms with Crippen LogP contribution in [-0.4, -0.2) is 48.9 Å². The number of Topliss-reactive ketones (excluding diaryl/α,β-unsaturated/α-hetero) is 1. The minimum absolute atomic E-state index is 0.00279. The molecule has 0 amide bonds. The van der Waals surface area contributed by atoms with E-state index in [4.69, 9.17) is 0 Å². The van der Waals surface area contributed by atoms with Gasteiger partial charge in [0.1, 0.15) is 5.82 Å². The van der Waals surface area contributed by atoms with Crippen LogP contribution in [0.15, 0.2) is 66.5 Å². The van der Waals surface area contributed by atoms with Gasteiger partial charge in [-0.15, -0.1) is 0 Å². The highest BCUT2D eigenvalue weighted by molar-refractivity contribution is 8.14. The Morgan fingerprint density at radius 3 is 2.67 bits per heavy atom. The number of pyridine rings is 1. The molecule has 1 aromatic carbocycles. The molecule has 0 bridgehead atoms. The molecule has 186 valence electrons. The quantitative estimate of drug-likeness (QED) is 0.434. The zero-order valence-electron chi connectivity index (χ0n) is 20.2. The molecule has 36 heavy (non-hydrogen) atoms. The van der Waals surface area contributed by atoms with E-state index in [1.54, 1.807) is 31.3 Å². The highest BCUT2D eigenvalue weighted by Gasteiger charge is 2.41. The van der Waals surface area contributed by atoms with Crippen molar-refractivity contribution in [2.24, 2.45) is 5.92 Å². The molecule has 1 saturated carbocycles. The summed E-state index contributed by atoms with van der Waals surface area (Å²) >= 11 is 1.31. The largest absolute Gasteiger partial charge is 0.297 e. The molecule has 2 aliphatic rings. The van der Waals surface area contributed by atoms with E-state index in [0.717, 1.165) is 29.8 Å². The van der Waals surface area contributed by atoms with Crippen molar-refractivity contribution in [3.63, 3.8) is 0 Å². The highest BCUT2D eigenvalue weighted by Crippen LogP contribution is 2.40. The fraction of sp³-hybridized carbons (Fsp3) is 0.357. The van der Waals surface area contributed by atoms with Crippen LogP contribution >= 0.6 is 11.8 Å². The summed E-state index contributed by atoms with van der Waals surface area (Å²) in [4.78, 5) is 31.8. The summed E-state index contributed by atoms with van der Waals surface area (Å²) in [5.41, 5.74) is 3.16. The Bertz CT molecular complexity index is 1270. The summed E-state index contributed by atoms with van der Waals surface area (Å²) in [5.74, 6) is -0.249. The van der Waals surface area contributed by atoms with Gasteiger partial charge in [0.15, 0.2) is 10.9 Å². The first-order valence-electron chi connectivity index (χ1n) is 12.3. The third kappa shape index (κ3) is 5.82. The van der Waals surface area contributed by atoms with Crippen LogP contribution < -0.4 is 0 Å². The standard InChI is InChI=1S/C28H29FN4O2S/c1-19(34)36-26-12-14-32(27(28(35)20-9-10-20)24-7-2-3-8-25(24)29)17-21(26)16-22-11-15-33(31-22)18-23-6-4-5-13-30-23/h2-8,11,13,15-16,20,26-27H,9-10,12,14,17-18H2,1H3/b21-16+. The van der Waals surface area contributed by atoms with Gasteiger partial charge in [-0.05, 0) is 55.2 Å². The fourth-order valence-electron chi connectivity index (χ4n) is 4.79. The number of rotatable bonds is 8. The second-order valence-corrected chi connectivity index (χ2v) is 10.8. The Balaban J connectivity index is 1.42. The van der Waals surface area contributed by atoms with Gasteiger partial charge in [-0.3, -0.25) is 24.2 Å². The first-order valence-corrected chi connectivity index (χ1v) is 13.2. The zero-order chi connectivity index (χ0) is 25.1. The number of ketones is 1. The average molecular weight is 505 g/mol. The van der Waals surface area contributed by atoms with Crippen LogP contribution in [0.2, 0.25) is 0 Å². The zero-order valence-corrected chi connectivity index (χ0v) is 21.0. The van der Waals surface area contributed by atoms with Crippen LogP contribution in [-0.2, 0) is 16.1 Å². The molecule has 2 aromatic heterocycles. The van der Waals surface area contributed by atoms with Crippen molar-refractivity contribution in [2.45, 2.75) is 44.0 Å². The monoisotopic (exact) mass is 504 g/mol. The molecule has 2 unspecified atom stereocenters.